The van der Waals surface area contributed by atoms with Crippen LogP contribution in [0.4, 0.5) is 10.1 Å². The smallest absolute Gasteiger partial charge is 0.184 e. The Labute approximate surface area is 268 Å². The molecule has 3 heterocycles. The summed E-state index contributed by atoms with van der Waals surface area (Å²) in [6.07, 6.45) is 11.3. The van der Waals surface area contributed by atoms with Crippen LogP contribution >= 0.6 is 0 Å². The molecule has 45 heavy (non-hydrogen) atoms. The predicted octanol–water partition coefficient (Wildman–Crippen LogP) is 5.82. The fraction of sp³-hybridized carbons (Fsp3) is 0.771. The lowest BCUT2D eigenvalue weighted by Crippen LogP contribution is -2.59. The summed E-state index contributed by atoms with van der Waals surface area (Å²) < 4.78 is 39.4. The lowest BCUT2D eigenvalue weighted by molar-refractivity contribution is -0.123. The molecule has 252 valence electrons. The summed E-state index contributed by atoms with van der Waals surface area (Å²) in [5.41, 5.74) is 0.810. The summed E-state index contributed by atoms with van der Waals surface area (Å²) in [4.78, 5) is 9.02. The van der Waals surface area contributed by atoms with Crippen molar-refractivity contribution >= 4 is 12.4 Å². The van der Waals surface area contributed by atoms with Crippen molar-refractivity contribution in [2.24, 2.45) is 16.8 Å². The Bertz CT molecular complexity index is 1140. The second-order valence-corrected chi connectivity index (χ2v) is 13.7. The number of fused-ring (bicyclic) bond motifs is 1. The van der Waals surface area contributed by atoms with E-state index in [1.54, 1.807) is 0 Å². The molecule has 0 spiro atoms. The van der Waals surface area contributed by atoms with Gasteiger partial charge in [0.2, 0.25) is 0 Å². The van der Waals surface area contributed by atoms with Crippen molar-refractivity contribution in [2.45, 2.75) is 133 Å². The molecule has 0 amide bonds. The van der Waals surface area contributed by atoms with Gasteiger partial charge in [0, 0.05) is 18.6 Å². The third-order valence-electron chi connectivity index (χ3n) is 10.7. The van der Waals surface area contributed by atoms with Crippen molar-refractivity contribution in [1.29, 1.82) is 0 Å². The second-order valence-electron chi connectivity index (χ2n) is 13.7. The minimum absolute atomic E-state index is 0.110. The third-order valence-corrected chi connectivity index (χ3v) is 10.7. The molecule has 1 aromatic rings. The van der Waals surface area contributed by atoms with E-state index in [2.05, 4.69) is 30.5 Å². The molecule has 5 unspecified atom stereocenters. The van der Waals surface area contributed by atoms with Crippen LogP contribution in [0.2, 0.25) is 0 Å². The lowest BCUT2D eigenvalue weighted by Gasteiger charge is -2.39. The van der Waals surface area contributed by atoms with Crippen LogP contribution in [0.25, 0.3) is 0 Å². The number of aliphatic imine (C=N–C) groups is 1. The zero-order chi connectivity index (χ0) is 32.0. The molecule has 2 saturated heterocycles. The Morgan fingerprint density at radius 2 is 1.91 bits per heavy atom. The van der Waals surface area contributed by atoms with Gasteiger partial charge in [-0.2, -0.15) is 0 Å². The Morgan fingerprint density at radius 3 is 2.64 bits per heavy atom. The number of aryl methyl sites for hydroxylation is 1. The molecule has 2 aliphatic carbocycles. The molecule has 5 rings (SSSR count). The number of aliphatic hydroxyl groups is 2. The van der Waals surface area contributed by atoms with Gasteiger partial charge in [0.25, 0.3) is 0 Å². The number of rotatable bonds is 13. The van der Waals surface area contributed by atoms with Crippen LogP contribution in [-0.4, -0.2) is 84.4 Å². The van der Waals surface area contributed by atoms with Crippen LogP contribution in [0.5, 0.6) is 0 Å². The molecule has 4 aliphatic rings. The standard InChI is InChI=1S/C35H54FN3O6/c1-5-7-27(16-17-40)45-28-14-12-25(13-15-28)24-8-6-9-26(11-10-24)33-29(36)18-30(22(2)38-33)39-23(3)44-32-20-43-34-31(41)19-42-21-35(32,34)37-4/h18,24-28,31-32,34,39-41H,3-17,19-21H2,1-2H3/t24?,25?,26?,27?,28?,31-,32?,34-,35?/m1/s1. The Balaban J connectivity index is 1.13. The van der Waals surface area contributed by atoms with Gasteiger partial charge >= 0.3 is 0 Å². The quantitative estimate of drug-likeness (QED) is 0.142. The fourth-order valence-electron chi connectivity index (χ4n) is 8.24. The molecule has 10 heteroatoms. The number of nitrogens with one attached hydrogen (secondary N) is 1. The Kier molecular flexibility index (Phi) is 11.9. The van der Waals surface area contributed by atoms with Gasteiger partial charge in [-0.15, -0.1) is 0 Å². The minimum atomic E-state index is -0.937. The summed E-state index contributed by atoms with van der Waals surface area (Å²) in [7, 11) is 0. The van der Waals surface area contributed by atoms with Gasteiger partial charge < -0.3 is 34.5 Å². The van der Waals surface area contributed by atoms with Crippen LogP contribution in [0.3, 0.4) is 0 Å². The average Bonchev–Trinajstić information content (AvgIpc) is 3.21. The van der Waals surface area contributed by atoms with Crippen LogP contribution in [-0.2, 0) is 18.9 Å². The van der Waals surface area contributed by atoms with E-state index in [9.17, 15) is 10.2 Å². The maximum atomic E-state index is 15.6. The number of pyridine rings is 1. The highest BCUT2D eigenvalue weighted by Crippen LogP contribution is 2.43. The van der Waals surface area contributed by atoms with E-state index in [1.165, 1.54) is 25.3 Å². The van der Waals surface area contributed by atoms with Crippen LogP contribution in [0.1, 0.15) is 101 Å². The molecule has 0 radical (unpaired) electrons. The molecule has 3 N–H and O–H groups in total. The maximum Gasteiger partial charge on any atom is 0.184 e. The van der Waals surface area contributed by atoms with Gasteiger partial charge in [0.1, 0.15) is 18.0 Å². The molecule has 9 nitrogen and oxygen atoms in total. The number of ether oxygens (including phenoxy) is 4. The highest BCUT2D eigenvalue weighted by molar-refractivity contribution is 5.51. The number of hydrogen-bond acceptors (Lipinski definition) is 9. The van der Waals surface area contributed by atoms with Crippen molar-refractivity contribution in [2.75, 3.05) is 31.7 Å². The largest absolute Gasteiger partial charge is 0.471 e. The van der Waals surface area contributed by atoms with E-state index in [4.69, 9.17) is 23.9 Å². The van der Waals surface area contributed by atoms with E-state index in [1.807, 2.05) is 6.92 Å². The second kappa shape index (κ2) is 15.7. The summed E-state index contributed by atoms with van der Waals surface area (Å²) in [5.74, 6) is 1.41. The van der Waals surface area contributed by atoms with E-state index in [0.717, 1.165) is 57.8 Å². The van der Waals surface area contributed by atoms with Gasteiger partial charge in [-0.1, -0.05) is 26.2 Å². The summed E-state index contributed by atoms with van der Waals surface area (Å²) in [6, 6.07) is 1.50. The van der Waals surface area contributed by atoms with E-state index < -0.39 is 23.9 Å². The highest BCUT2D eigenvalue weighted by Gasteiger charge is 2.58. The maximum absolute atomic E-state index is 15.6. The average molecular weight is 632 g/mol. The van der Waals surface area contributed by atoms with Crippen molar-refractivity contribution in [3.63, 3.8) is 0 Å². The van der Waals surface area contributed by atoms with Crippen molar-refractivity contribution in [3.05, 3.63) is 35.7 Å². The summed E-state index contributed by atoms with van der Waals surface area (Å²) >= 11 is 0. The van der Waals surface area contributed by atoms with Crippen LogP contribution in [0.15, 0.2) is 23.5 Å². The zero-order valence-electron chi connectivity index (χ0n) is 27.2. The number of halogens is 1. The van der Waals surface area contributed by atoms with E-state index >= 15 is 4.39 Å². The lowest BCUT2D eigenvalue weighted by atomic mass is 9.75. The number of anilines is 1. The minimum Gasteiger partial charge on any atom is -0.471 e. The first kappa shape index (κ1) is 34.2. The topological polar surface area (TPSA) is 115 Å². The van der Waals surface area contributed by atoms with Crippen LogP contribution < -0.4 is 5.32 Å². The number of aliphatic hydroxyl groups excluding tert-OH is 2. The molecular formula is C35H54FN3O6. The molecule has 2 saturated carbocycles. The predicted molar refractivity (Wildman–Crippen MR) is 172 cm³/mol. The van der Waals surface area contributed by atoms with Crippen LogP contribution in [0, 0.1) is 24.6 Å². The first-order valence-corrected chi connectivity index (χ1v) is 17.2. The molecule has 7 atom stereocenters. The summed E-state index contributed by atoms with van der Waals surface area (Å²) in [6.45, 7) is 12.5. The van der Waals surface area contributed by atoms with Crippen molar-refractivity contribution in [3.8, 4) is 0 Å². The molecule has 0 bridgehead atoms. The number of hydrogen-bond donors (Lipinski definition) is 3. The normalized spacial score (nSPS) is 34.4. The fourth-order valence-corrected chi connectivity index (χ4v) is 8.24. The van der Waals surface area contributed by atoms with Crippen molar-refractivity contribution in [1.82, 2.24) is 4.98 Å². The van der Waals surface area contributed by atoms with E-state index in [0.29, 0.717) is 35.0 Å². The molecular weight excluding hydrogens is 577 g/mol. The van der Waals surface area contributed by atoms with Gasteiger partial charge in [-0.05, 0) is 89.8 Å². The Hall–Kier alpha value is -2.11. The number of aromatic nitrogens is 1. The Morgan fingerprint density at radius 1 is 1.16 bits per heavy atom. The van der Waals surface area contributed by atoms with Gasteiger partial charge in [-0.3, -0.25) is 9.98 Å². The summed E-state index contributed by atoms with van der Waals surface area (Å²) in [5, 5.41) is 22.8. The SMILES string of the molecule is C=NC12COC[C@@H](O)[C@H]1OCC2OC(=C)Nc1cc(F)c(C2CCCC(C3CCC(OC(CCC)CCO)CC3)CC2)nc1C. The molecule has 2 aliphatic heterocycles. The first-order chi connectivity index (χ1) is 21.8. The first-order valence-electron chi connectivity index (χ1n) is 17.2. The molecule has 0 aromatic carbocycles. The van der Waals surface area contributed by atoms with Gasteiger partial charge in [0.05, 0.1) is 49.1 Å². The zero-order valence-corrected chi connectivity index (χ0v) is 27.2. The molecule has 1 aromatic heterocycles. The van der Waals surface area contributed by atoms with Gasteiger partial charge in [-0.25, -0.2) is 4.39 Å². The third kappa shape index (κ3) is 7.89. The van der Waals surface area contributed by atoms with Crippen molar-refractivity contribution < 1.29 is 33.6 Å². The van der Waals surface area contributed by atoms with Gasteiger partial charge in [0.15, 0.2) is 17.5 Å². The molecule has 4 fully saturated rings. The highest BCUT2D eigenvalue weighted by atomic mass is 19.1. The van der Waals surface area contributed by atoms with E-state index in [-0.39, 0.29) is 50.1 Å². The number of nitrogens with zero attached hydrogens (tertiary/aromatic N) is 2. The monoisotopic (exact) mass is 631 g/mol.